The van der Waals surface area contributed by atoms with E-state index in [2.05, 4.69) is 0 Å². The summed E-state index contributed by atoms with van der Waals surface area (Å²) in [5, 5.41) is 18.4. The summed E-state index contributed by atoms with van der Waals surface area (Å²) in [6.45, 7) is 0.231. The predicted octanol–water partition coefficient (Wildman–Crippen LogP) is 1.09. The van der Waals surface area contributed by atoms with E-state index in [1.165, 1.54) is 12.1 Å². The second-order valence-corrected chi connectivity index (χ2v) is 4.19. The van der Waals surface area contributed by atoms with Gasteiger partial charge in [0.1, 0.15) is 23.9 Å². The third-order valence-electron chi connectivity index (χ3n) is 2.80. The molecule has 0 radical (unpaired) electrons. The van der Waals surface area contributed by atoms with E-state index < -0.39 is 12.9 Å². The Kier molecular flexibility index (Phi) is 4.60. The van der Waals surface area contributed by atoms with Crippen LogP contribution in [-0.2, 0) is 6.61 Å². The molecule has 6 heteroatoms. The normalized spacial score (nSPS) is 10.2. The van der Waals surface area contributed by atoms with Crippen molar-refractivity contribution in [2.75, 3.05) is 7.11 Å². The van der Waals surface area contributed by atoms with Gasteiger partial charge in [0, 0.05) is 5.46 Å². The van der Waals surface area contributed by atoms with Gasteiger partial charge in [-0.3, -0.25) is 0 Å². The van der Waals surface area contributed by atoms with Gasteiger partial charge in [0.05, 0.1) is 7.11 Å². The Bertz CT molecular complexity index is 572. The minimum Gasteiger partial charge on any atom is -0.497 e. The second kappa shape index (κ2) is 6.41. The van der Waals surface area contributed by atoms with Crippen molar-refractivity contribution in [2.24, 2.45) is 0 Å². The second-order valence-electron chi connectivity index (χ2n) is 4.19. The lowest BCUT2D eigenvalue weighted by atomic mass is 9.79. The van der Waals surface area contributed by atoms with E-state index >= 15 is 0 Å². The van der Waals surface area contributed by atoms with Crippen molar-refractivity contribution in [3.63, 3.8) is 0 Å². The molecule has 0 aliphatic heterocycles. The van der Waals surface area contributed by atoms with E-state index in [-0.39, 0.29) is 17.8 Å². The molecule has 0 aliphatic carbocycles. The van der Waals surface area contributed by atoms with Crippen molar-refractivity contribution >= 4 is 12.6 Å². The van der Waals surface area contributed by atoms with E-state index in [0.29, 0.717) is 0 Å². The fourth-order valence-corrected chi connectivity index (χ4v) is 1.74. The highest BCUT2D eigenvalue weighted by Gasteiger charge is 2.18. The lowest BCUT2D eigenvalue weighted by molar-refractivity contribution is 0.306. The molecule has 0 saturated heterocycles. The van der Waals surface area contributed by atoms with E-state index in [1.54, 1.807) is 19.2 Å². The van der Waals surface area contributed by atoms with Gasteiger partial charge in [-0.25, -0.2) is 4.39 Å². The van der Waals surface area contributed by atoms with Gasteiger partial charge in [-0.05, 0) is 35.9 Å². The van der Waals surface area contributed by atoms with Crippen molar-refractivity contribution in [1.29, 1.82) is 0 Å². The van der Waals surface area contributed by atoms with E-state index in [0.717, 1.165) is 17.4 Å². The maximum atomic E-state index is 13.1. The summed E-state index contributed by atoms with van der Waals surface area (Å²) in [5.74, 6) is 0.420. The minimum absolute atomic E-state index is 0.00138. The standard InChI is InChI=1S/C14H14BFO4/c1-19-12-5-2-10(3-6-12)9-20-14-7-4-11(16)8-13(14)15(17)18/h2-8,17-18H,9H2,1H3. The van der Waals surface area contributed by atoms with E-state index in [9.17, 15) is 14.4 Å². The predicted molar refractivity (Wildman–Crippen MR) is 73.6 cm³/mol. The first-order valence-electron chi connectivity index (χ1n) is 6.01. The molecule has 0 bridgehead atoms. The van der Waals surface area contributed by atoms with Gasteiger partial charge in [-0.15, -0.1) is 0 Å². The molecule has 2 aromatic carbocycles. The van der Waals surface area contributed by atoms with Crippen molar-refractivity contribution in [3.05, 3.63) is 53.8 Å². The van der Waals surface area contributed by atoms with Gasteiger partial charge in [0.25, 0.3) is 0 Å². The molecule has 0 aliphatic rings. The molecule has 2 aromatic rings. The van der Waals surface area contributed by atoms with Crippen LogP contribution in [0.15, 0.2) is 42.5 Å². The van der Waals surface area contributed by atoms with E-state index in [4.69, 9.17) is 9.47 Å². The molecule has 0 fully saturated rings. The summed E-state index contributed by atoms with van der Waals surface area (Å²) in [4.78, 5) is 0. The van der Waals surface area contributed by atoms with Crippen LogP contribution in [0.4, 0.5) is 4.39 Å². The van der Waals surface area contributed by atoms with Gasteiger partial charge in [-0.1, -0.05) is 12.1 Å². The number of rotatable bonds is 5. The molecule has 0 amide bonds. The monoisotopic (exact) mass is 276 g/mol. The SMILES string of the molecule is COc1ccc(COc2ccc(F)cc2B(O)O)cc1. The fraction of sp³-hybridized carbons (Fsp3) is 0.143. The lowest BCUT2D eigenvalue weighted by Crippen LogP contribution is -2.31. The van der Waals surface area contributed by atoms with Gasteiger partial charge in [0.2, 0.25) is 0 Å². The first-order valence-corrected chi connectivity index (χ1v) is 6.01. The molecule has 0 heterocycles. The molecule has 20 heavy (non-hydrogen) atoms. The first-order chi connectivity index (χ1) is 9.60. The van der Waals surface area contributed by atoms with Crippen LogP contribution >= 0.6 is 0 Å². The zero-order valence-electron chi connectivity index (χ0n) is 10.9. The molecule has 0 spiro atoms. The Morgan fingerprint density at radius 2 is 1.80 bits per heavy atom. The Morgan fingerprint density at radius 3 is 2.40 bits per heavy atom. The molecule has 2 N–H and O–H groups in total. The van der Waals surface area contributed by atoms with Crippen LogP contribution in [0.3, 0.4) is 0 Å². The molecule has 0 atom stereocenters. The van der Waals surface area contributed by atoms with Crippen molar-refractivity contribution < 1.29 is 23.9 Å². The zero-order chi connectivity index (χ0) is 14.5. The van der Waals surface area contributed by atoms with Crippen molar-refractivity contribution in [2.45, 2.75) is 6.61 Å². The lowest BCUT2D eigenvalue weighted by Gasteiger charge is -2.11. The topological polar surface area (TPSA) is 58.9 Å². The average molecular weight is 276 g/mol. The highest BCUT2D eigenvalue weighted by molar-refractivity contribution is 6.59. The molecule has 0 aromatic heterocycles. The molecular formula is C14H14BFO4. The molecule has 2 rings (SSSR count). The number of methoxy groups -OCH3 is 1. The van der Waals surface area contributed by atoms with Crippen LogP contribution in [0.2, 0.25) is 0 Å². The summed E-state index contributed by atoms with van der Waals surface area (Å²) >= 11 is 0. The zero-order valence-corrected chi connectivity index (χ0v) is 10.9. The Morgan fingerprint density at radius 1 is 1.10 bits per heavy atom. The third kappa shape index (κ3) is 3.49. The summed E-state index contributed by atoms with van der Waals surface area (Å²) in [6.07, 6.45) is 0. The van der Waals surface area contributed by atoms with Gasteiger partial charge in [0.15, 0.2) is 0 Å². The molecule has 0 unspecified atom stereocenters. The smallest absolute Gasteiger partial charge is 0.492 e. The third-order valence-corrected chi connectivity index (χ3v) is 2.80. The Hall–Kier alpha value is -2.05. The quantitative estimate of drug-likeness (QED) is 0.803. The summed E-state index contributed by atoms with van der Waals surface area (Å²) in [5.41, 5.74) is 0.881. The number of hydrogen-bond donors (Lipinski definition) is 2. The maximum Gasteiger partial charge on any atom is 0.492 e. The summed E-state index contributed by atoms with van der Waals surface area (Å²) in [7, 11) is -0.199. The molecule has 4 nitrogen and oxygen atoms in total. The van der Waals surface area contributed by atoms with Crippen LogP contribution < -0.4 is 14.9 Å². The van der Waals surface area contributed by atoms with Crippen LogP contribution in [0, 0.1) is 5.82 Å². The van der Waals surface area contributed by atoms with Crippen LogP contribution in [0.25, 0.3) is 0 Å². The summed E-state index contributed by atoms with van der Waals surface area (Å²) < 4.78 is 23.6. The number of ether oxygens (including phenoxy) is 2. The molecule has 104 valence electrons. The van der Waals surface area contributed by atoms with Crippen LogP contribution in [0.1, 0.15) is 5.56 Å². The maximum absolute atomic E-state index is 13.1. The van der Waals surface area contributed by atoms with Crippen molar-refractivity contribution in [3.8, 4) is 11.5 Å². The molecular weight excluding hydrogens is 262 g/mol. The summed E-state index contributed by atoms with van der Waals surface area (Å²) in [6, 6.07) is 10.9. The average Bonchev–Trinajstić information content (AvgIpc) is 2.46. The minimum atomic E-state index is -1.78. The van der Waals surface area contributed by atoms with Crippen LogP contribution in [0.5, 0.6) is 11.5 Å². The Labute approximate surface area is 116 Å². The van der Waals surface area contributed by atoms with Gasteiger partial charge in [-0.2, -0.15) is 0 Å². The number of halogens is 1. The van der Waals surface area contributed by atoms with E-state index in [1.807, 2.05) is 12.1 Å². The number of benzene rings is 2. The largest absolute Gasteiger partial charge is 0.497 e. The Balaban J connectivity index is 2.10. The molecule has 0 saturated carbocycles. The van der Waals surface area contributed by atoms with Crippen LogP contribution in [-0.4, -0.2) is 24.3 Å². The van der Waals surface area contributed by atoms with Gasteiger partial charge < -0.3 is 19.5 Å². The van der Waals surface area contributed by atoms with Crippen molar-refractivity contribution in [1.82, 2.24) is 0 Å². The highest BCUT2D eigenvalue weighted by Crippen LogP contribution is 2.15. The number of hydrogen-bond acceptors (Lipinski definition) is 4. The first kappa shape index (κ1) is 14.4. The highest BCUT2D eigenvalue weighted by atomic mass is 19.1. The van der Waals surface area contributed by atoms with Gasteiger partial charge >= 0.3 is 7.12 Å². The fourth-order valence-electron chi connectivity index (χ4n) is 1.74.